The molecule has 0 aliphatic rings. The van der Waals surface area contributed by atoms with Crippen LogP contribution in [-0.4, -0.2) is 19.2 Å². The first-order valence-electron chi connectivity index (χ1n) is 5.78. The largest absolute Gasteiger partial charge is 0.466 e. The van der Waals surface area contributed by atoms with Crippen LogP contribution >= 0.6 is 9.47 Å². The van der Waals surface area contributed by atoms with Crippen molar-refractivity contribution in [1.29, 1.82) is 0 Å². The van der Waals surface area contributed by atoms with Crippen molar-refractivity contribution in [3.63, 3.8) is 0 Å². The molecule has 90 valence electrons. The summed E-state index contributed by atoms with van der Waals surface area (Å²) in [5.74, 6) is -0.161. The van der Waals surface area contributed by atoms with Gasteiger partial charge in [-0.25, -0.2) is 0 Å². The lowest BCUT2D eigenvalue weighted by Gasteiger charge is -2.04. The molecular weight excluding hydrogens is 211 g/mol. The lowest BCUT2D eigenvalue weighted by atomic mass is 10.1. The van der Waals surface area contributed by atoms with Crippen molar-refractivity contribution >= 4 is 15.4 Å². The topological polar surface area (TPSA) is 35.5 Å². The number of carbonyl (C=O) groups is 1. The number of rotatable bonds is 10. The zero-order valence-electron chi connectivity index (χ0n) is 9.67. The minimum atomic E-state index is -0.161. The first-order valence-corrected chi connectivity index (χ1v) is 6.25. The van der Waals surface area contributed by atoms with Crippen LogP contribution in [-0.2, 0) is 14.1 Å². The molecule has 4 heteroatoms. The molecule has 0 aliphatic carbocycles. The third kappa shape index (κ3) is 11.8. The summed E-state index contributed by atoms with van der Waals surface area (Å²) in [6.07, 6.45) is 7.62. The summed E-state index contributed by atoms with van der Waals surface area (Å²) in [6, 6.07) is 0. The molecule has 0 radical (unpaired) electrons. The van der Waals surface area contributed by atoms with Crippen LogP contribution < -0.4 is 0 Å². The van der Waals surface area contributed by atoms with Crippen molar-refractivity contribution in [2.24, 2.45) is 0 Å². The van der Waals surface area contributed by atoms with Gasteiger partial charge in [-0.3, -0.25) is 4.79 Å². The third-order valence-electron chi connectivity index (χ3n) is 2.18. The second-order valence-electron chi connectivity index (χ2n) is 3.61. The molecule has 0 bridgehead atoms. The van der Waals surface area contributed by atoms with Crippen LogP contribution in [0.1, 0.15) is 51.9 Å². The van der Waals surface area contributed by atoms with Gasteiger partial charge in [0.1, 0.15) is 0 Å². The molecule has 0 heterocycles. The molecule has 0 aromatic heterocycles. The molecule has 0 rings (SSSR count). The van der Waals surface area contributed by atoms with E-state index in [0.717, 1.165) is 12.8 Å². The molecule has 0 N–H and O–H groups in total. The van der Waals surface area contributed by atoms with E-state index in [0.29, 0.717) is 19.6 Å². The molecule has 0 amide bonds. The summed E-state index contributed by atoms with van der Waals surface area (Å²) in [6.45, 7) is 3.18. The molecule has 0 saturated heterocycles. The summed E-state index contributed by atoms with van der Waals surface area (Å²) in [4.78, 5) is 11.0. The molecule has 0 spiro atoms. The lowest BCUT2D eigenvalue weighted by Crippen LogP contribution is -2.07. The maximum atomic E-state index is 11.0. The first-order chi connectivity index (χ1) is 7.31. The predicted molar refractivity (Wildman–Crippen MR) is 64.6 cm³/mol. The molecule has 0 fully saturated rings. The monoisotopic (exact) mass is 234 g/mol. The van der Waals surface area contributed by atoms with Crippen molar-refractivity contribution in [3.8, 4) is 0 Å². The Hall–Kier alpha value is -0.140. The first kappa shape index (κ1) is 14.9. The Morgan fingerprint density at radius 2 is 1.73 bits per heavy atom. The van der Waals surface area contributed by atoms with E-state index in [-0.39, 0.29) is 5.97 Å². The standard InChI is InChI=1S/C11H23O3P/c1-2-3-4-5-6-7-9-13-11(12)8-10-14-15/h2-10,15H2,1H3. The van der Waals surface area contributed by atoms with Gasteiger partial charge in [-0.1, -0.05) is 39.0 Å². The third-order valence-corrected chi connectivity index (χ3v) is 2.42. The number of hydrogen-bond donors (Lipinski definition) is 0. The second kappa shape index (κ2) is 11.9. The van der Waals surface area contributed by atoms with E-state index < -0.39 is 0 Å². The van der Waals surface area contributed by atoms with E-state index >= 15 is 0 Å². The van der Waals surface area contributed by atoms with E-state index in [1.54, 1.807) is 0 Å². The fraction of sp³-hybridized carbons (Fsp3) is 0.909. The number of esters is 1. The SMILES string of the molecule is CCCCCCCCOC(=O)CCOP. The average molecular weight is 234 g/mol. The van der Waals surface area contributed by atoms with Crippen LogP contribution in [0.15, 0.2) is 0 Å². The van der Waals surface area contributed by atoms with Crippen molar-refractivity contribution in [2.75, 3.05) is 13.2 Å². The lowest BCUT2D eigenvalue weighted by molar-refractivity contribution is -0.144. The normalized spacial score (nSPS) is 10.3. The van der Waals surface area contributed by atoms with Gasteiger partial charge in [0.2, 0.25) is 0 Å². The molecule has 0 saturated carbocycles. The predicted octanol–water partition coefficient (Wildman–Crippen LogP) is 3.09. The number of unbranched alkanes of at least 4 members (excludes halogenated alkanes) is 5. The van der Waals surface area contributed by atoms with Gasteiger partial charge in [0.05, 0.1) is 19.6 Å². The van der Waals surface area contributed by atoms with Gasteiger partial charge in [0.15, 0.2) is 0 Å². The maximum absolute atomic E-state index is 11.0. The van der Waals surface area contributed by atoms with Gasteiger partial charge in [-0.15, -0.1) is 0 Å². The fourth-order valence-electron chi connectivity index (χ4n) is 1.28. The summed E-state index contributed by atoms with van der Waals surface area (Å²) < 4.78 is 9.72. The number of hydrogen-bond acceptors (Lipinski definition) is 3. The van der Waals surface area contributed by atoms with Crippen molar-refractivity contribution < 1.29 is 14.1 Å². The highest BCUT2D eigenvalue weighted by Crippen LogP contribution is 2.05. The van der Waals surface area contributed by atoms with Crippen LogP contribution in [0.3, 0.4) is 0 Å². The highest BCUT2D eigenvalue weighted by molar-refractivity contribution is 7.09. The summed E-state index contributed by atoms with van der Waals surface area (Å²) in [5.41, 5.74) is 0. The van der Waals surface area contributed by atoms with Gasteiger partial charge >= 0.3 is 5.97 Å². The zero-order chi connectivity index (χ0) is 11.4. The molecule has 3 nitrogen and oxygen atoms in total. The molecular formula is C11H23O3P. The average Bonchev–Trinajstić information content (AvgIpc) is 2.25. The highest BCUT2D eigenvalue weighted by atomic mass is 31.0. The molecule has 0 aromatic rings. The summed E-state index contributed by atoms with van der Waals surface area (Å²) in [7, 11) is 2.12. The molecule has 0 aliphatic heterocycles. The van der Waals surface area contributed by atoms with Gasteiger partial charge in [-0.2, -0.15) is 0 Å². The molecule has 0 aromatic carbocycles. The van der Waals surface area contributed by atoms with E-state index in [4.69, 9.17) is 9.26 Å². The summed E-state index contributed by atoms with van der Waals surface area (Å²) >= 11 is 0. The molecule has 1 unspecified atom stereocenters. The van der Waals surface area contributed by atoms with E-state index in [1.165, 1.54) is 25.7 Å². The van der Waals surface area contributed by atoms with E-state index in [9.17, 15) is 4.79 Å². The Morgan fingerprint density at radius 3 is 2.40 bits per heavy atom. The van der Waals surface area contributed by atoms with Gasteiger partial charge in [0.25, 0.3) is 0 Å². The quantitative estimate of drug-likeness (QED) is 0.331. The second-order valence-corrected chi connectivity index (χ2v) is 3.94. The Bertz CT molecular complexity index is 151. The van der Waals surface area contributed by atoms with Crippen LogP contribution in [0.2, 0.25) is 0 Å². The van der Waals surface area contributed by atoms with Gasteiger partial charge < -0.3 is 9.26 Å². The van der Waals surface area contributed by atoms with E-state index in [2.05, 4.69) is 16.4 Å². The van der Waals surface area contributed by atoms with Gasteiger partial charge in [0, 0.05) is 9.47 Å². The van der Waals surface area contributed by atoms with Crippen LogP contribution in [0.25, 0.3) is 0 Å². The molecule has 15 heavy (non-hydrogen) atoms. The Labute approximate surface area is 95.2 Å². The van der Waals surface area contributed by atoms with Crippen LogP contribution in [0, 0.1) is 0 Å². The van der Waals surface area contributed by atoms with Crippen molar-refractivity contribution in [3.05, 3.63) is 0 Å². The minimum Gasteiger partial charge on any atom is -0.466 e. The minimum absolute atomic E-state index is 0.161. The Balaban J connectivity index is 3.06. The maximum Gasteiger partial charge on any atom is 0.308 e. The molecule has 1 atom stereocenters. The summed E-state index contributed by atoms with van der Waals surface area (Å²) in [5, 5.41) is 0. The number of carbonyl (C=O) groups excluding carboxylic acids is 1. The Kier molecular flexibility index (Phi) is 11.8. The van der Waals surface area contributed by atoms with Crippen molar-refractivity contribution in [2.45, 2.75) is 51.9 Å². The van der Waals surface area contributed by atoms with Crippen molar-refractivity contribution in [1.82, 2.24) is 0 Å². The van der Waals surface area contributed by atoms with E-state index in [1.807, 2.05) is 0 Å². The van der Waals surface area contributed by atoms with Crippen LogP contribution in [0.5, 0.6) is 0 Å². The van der Waals surface area contributed by atoms with Crippen LogP contribution in [0.4, 0.5) is 0 Å². The smallest absolute Gasteiger partial charge is 0.308 e. The number of ether oxygens (including phenoxy) is 1. The Morgan fingerprint density at radius 1 is 1.07 bits per heavy atom. The highest BCUT2D eigenvalue weighted by Gasteiger charge is 2.01. The fourth-order valence-corrected chi connectivity index (χ4v) is 1.40. The zero-order valence-corrected chi connectivity index (χ0v) is 10.8. The van der Waals surface area contributed by atoms with Gasteiger partial charge in [-0.05, 0) is 6.42 Å².